The molecule has 0 aliphatic rings. The molecule has 0 radical (unpaired) electrons. The summed E-state index contributed by atoms with van der Waals surface area (Å²) >= 11 is 5.86. The number of carbonyl (C=O) groups is 2. The van der Waals surface area contributed by atoms with E-state index in [-0.39, 0.29) is 18.5 Å². The number of carbonyl (C=O) groups excluding carboxylic acids is 2. The lowest BCUT2D eigenvalue weighted by atomic mass is 10.1. The van der Waals surface area contributed by atoms with Crippen LogP contribution in [0, 0.1) is 5.92 Å². The van der Waals surface area contributed by atoms with E-state index in [4.69, 9.17) is 16.3 Å². The molecule has 0 saturated carbocycles. The molecule has 0 spiro atoms. The van der Waals surface area contributed by atoms with E-state index in [0.29, 0.717) is 17.3 Å². The number of anilines is 1. The third-order valence-corrected chi connectivity index (χ3v) is 3.95. The van der Waals surface area contributed by atoms with Crippen LogP contribution < -0.4 is 5.32 Å². The van der Waals surface area contributed by atoms with Crippen LogP contribution in [0.5, 0.6) is 0 Å². The van der Waals surface area contributed by atoms with E-state index in [2.05, 4.69) is 5.32 Å². The first-order valence-electron chi connectivity index (χ1n) is 7.93. The van der Waals surface area contributed by atoms with Gasteiger partial charge in [-0.1, -0.05) is 48.9 Å². The summed E-state index contributed by atoms with van der Waals surface area (Å²) in [4.78, 5) is 26.0. The maximum absolute atomic E-state index is 12.7. The lowest BCUT2D eigenvalue weighted by Gasteiger charge is -2.25. The number of urea groups is 1. The normalized spacial score (nSPS) is 11.5. The summed E-state index contributed by atoms with van der Waals surface area (Å²) in [5, 5.41) is 3.42. The number of amides is 2. The second-order valence-corrected chi connectivity index (χ2v) is 6.16. The second kappa shape index (κ2) is 9.08. The Morgan fingerprint density at radius 1 is 1.12 bits per heavy atom. The molecular formula is C19H21ClN2O3. The molecule has 132 valence electrons. The fourth-order valence-electron chi connectivity index (χ4n) is 2.37. The van der Waals surface area contributed by atoms with Crippen molar-refractivity contribution in [2.45, 2.75) is 13.5 Å². The van der Waals surface area contributed by atoms with E-state index in [0.717, 1.165) is 5.56 Å². The maximum Gasteiger partial charge on any atom is 0.322 e. The first-order chi connectivity index (χ1) is 12.0. The molecule has 5 nitrogen and oxygen atoms in total. The largest absolute Gasteiger partial charge is 0.469 e. The summed E-state index contributed by atoms with van der Waals surface area (Å²) < 4.78 is 4.76. The molecule has 2 rings (SSSR count). The highest BCUT2D eigenvalue weighted by molar-refractivity contribution is 6.30. The fourth-order valence-corrected chi connectivity index (χ4v) is 2.49. The molecule has 2 aromatic carbocycles. The molecule has 0 bridgehead atoms. The SMILES string of the molecule is COC(=O)C(C)CN(Cc1ccccc1)C(=O)Nc1ccc(Cl)cc1. The number of nitrogens with zero attached hydrogens (tertiary/aromatic N) is 1. The third kappa shape index (κ3) is 5.80. The summed E-state index contributed by atoms with van der Waals surface area (Å²) in [5.41, 5.74) is 1.61. The number of halogens is 1. The van der Waals surface area contributed by atoms with Gasteiger partial charge in [-0.25, -0.2) is 4.79 Å². The number of benzene rings is 2. The van der Waals surface area contributed by atoms with E-state index < -0.39 is 5.92 Å². The van der Waals surface area contributed by atoms with Gasteiger partial charge in [0.1, 0.15) is 0 Å². The van der Waals surface area contributed by atoms with Crippen molar-refractivity contribution in [1.82, 2.24) is 4.90 Å². The zero-order chi connectivity index (χ0) is 18.2. The minimum atomic E-state index is -0.426. The van der Waals surface area contributed by atoms with Gasteiger partial charge in [-0.3, -0.25) is 4.79 Å². The number of nitrogens with one attached hydrogen (secondary N) is 1. The van der Waals surface area contributed by atoms with Crippen molar-refractivity contribution in [3.63, 3.8) is 0 Å². The van der Waals surface area contributed by atoms with Crippen LogP contribution in [-0.4, -0.2) is 30.6 Å². The molecule has 2 aromatic rings. The van der Waals surface area contributed by atoms with Gasteiger partial charge >= 0.3 is 12.0 Å². The van der Waals surface area contributed by atoms with Gasteiger partial charge < -0.3 is 15.0 Å². The van der Waals surface area contributed by atoms with E-state index >= 15 is 0 Å². The summed E-state index contributed by atoms with van der Waals surface area (Å²) in [6.45, 7) is 2.38. The van der Waals surface area contributed by atoms with Gasteiger partial charge in [-0.15, -0.1) is 0 Å². The molecule has 25 heavy (non-hydrogen) atoms. The zero-order valence-electron chi connectivity index (χ0n) is 14.2. The number of hydrogen-bond acceptors (Lipinski definition) is 3. The quantitative estimate of drug-likeness (QED) is 0.786. The van der Waals surface area contributed by atoms with Crippen LogP contribution in [-0.2, 0) is 16.1 Å². The topological polar surface area (TPSA) is 58.6 Å². The predicted molar refractivity (Wildman–Crippen MR) is 98.5 cm³/mol. The molecule has 0 saturated heterocycles. The average Bonchev–Trinajstić information content (AvgIpc) is 2.63. The number of methoxy groups -OCH3 is 1. The Morgan fingerprint density at radius 3 is 2.36 bits per heavy atom. The van der Waals surface area contributed by atoms with Crippen molar-refractivity contribution < 1.29 is 14.3 Å². The first-order valence-corrected chi connectivity index (χ1v) is 8.30. The standard InChI is InChI=1S/C19H21ClN2O3/c1-14(18(23)25-2)12-22(13-15-6-4-3-5-7-15)19(24)21-17-10-8-16(20)9-11-17/h3-11,14H,12-13H2,1-2H3,(H,21,24). The van der Waals surface area contributed by atoms with Crippen LogP contribution in [0.25, 0.3) is 0 Å². The molecule has 0 heterocycles. The Hall–Kier alpha value is -2.53. The summed E-state index contributed by atoms with van der Waals surface area (Å²) in [6.07, 6.45) is 0. The number of esters is 1. The molecule has 0 aromatic heterocycles. The highest BCUT2D eigenvalue weighted by Crippen LogP contribution is 2.15. The monoisotopic (exact) mass is 360 g/mol. The Balaban J connectivity index is 2.12. The Kier molecular flexibility index (Phi) is 6.83. The molecule has 1 unspecified atom stereocenters. The average molecular weight is 361 g/mol. The van der Waals surface area contributed by atoms with Crippen LogP contribution in [0.2, 0.25) is 5.02 Å². The summed E-state index contributed by atoms with van der Waals surface area (Å²) in [7, 11) is 1.34. The lowest BCUT2D eigenvalue weighted by Crippen LogP contribution is -2.39. The van der Waals surface area contributed by atoms with E-state index in [1.54, 1.807) is 36.1 Å². The van der Waals surface area contributed by atoms with Gasteiger partial charge in [0.05, 0.1) is 13.0 Å². The van der Waals surface area contributed by atoms with Gasteiger partial charge in [0.2, 0.25) is 0 Å². The van der Waals surface area contributed by atoms with Crippen molar-refractivity contribution in [2.24, 2.45) is 5.92 Å². The highest BCUT2D eigenvalue weighted by Gasteiger charge is 2.22. The number of hydrogen-bond donors (Lipinski definition) is 1. The minimum Gasteiger partial charge on any atom is -0.469 e. The van der Waals surface area contributed by atoms with Crippen LogP contribution in [0.15, 0.2) is 54.6 Å². The lowest BCUT2D eigenvalue weighted by molar-refractivity contribution is -0.145. The second-order valence-electron chi connectivity index (χ2n) is 5.73. The Bertz CT molecular complexity index is 704. The highest BCUT2D eigenvalue weighted by atomic mass is 35.5. The smallest absolute Gasteiger partial charge is 0.322 e. The van der Waals surface area contributed by atoms with Gasteiger partial charge in [-0.05, 0) is 29.8 Å². The van der Waals surface area contributed by atoms with Crippen molar-refractivity contribution in [3.05, 3.63) is 65.2 Å². The molecule has 0 aliphatic carbocycles. The fraction of sp³-hybridized carbons (Fsp3) is 0.263. The molecule has 6 heteroatoms. The first kappa shape index (κ1) is 18.8. The van der Waals surface area contributed by atoms with Gasteiger partial charge in [0.15, 0.2) is 0 Å². The zero-order valence-corrected chi connectivity index (χ0v) is 15.0. The Labute approximate surface area is 152 Å². The summed E-state index contributed by atoms with van der Waals surface area (Å²) in [5.74, 6) is -0.776. The van der Waals surface area contributed by atoms with Crippen molar-refractivity contribution in [1.29, 1.82) is 0 Å². The van der Waals surface area contributed by atoms with Crippen molar-refractivity contribution in [2.75, 3.05) is 19.0 Å². The van der Waals surface area contributed by atoms with Gasteiger partial charge in [-0.2, -0.15) is 0 Å². The Morgan fingerprint density at radius 2 is 1.76 bits per heavy atom. The molecule has 0 aliphatic heterocycles. The van der Waals surface area contributed by atoms with Crippen LogP contribution in [0.3, 0.4) is 0 Å². The maximum atomic E-state index is 12.7. The molecular weight excluding hydrogens is 340 g/mol. The molecule has 1 atom stereocenters. The van der Waals surface area contributed by atoms with E-state index in [9.17, 15) is 9.59 Å². The van der Waals surface area contributed by atoms with Crippen LogP contribution in [0.4, 0.5) is 10.5 Å². The van der Waals surface area contributed by atoms with Crippen LogP contribution in [0.1, 0.15) is 12.5 Å². The minimum absolute atomic E-state index is 0.251. The third-order valence-electron chi connectivity index (χ3n) is 3.70. The van der Waals surface area contributed by atoms with Crippen LogP contribution >= 0.6 is 11.6 Å². The van der Waals surface area contributed by atoms with Crippen molar-refractivity contribution >= 4 is 29.3 Å². The van der Waals surface area contributed by atoms with Gasteiger partial charge in [0, 0.05) is 23.8 Å². The van der Waals surface area contributed by atoms with Crippen molar-refractivity contribution in [3.8, 4) is 0 Å². The van der Waals surface area contributed by atoms with E-state index in [1.165, 1.54) is 7.11 Å². The molecule has 0 fully saturated rings. The molecule has 1 N–H and O–H groups in total. The summed E-state index contributed by atoms with van der Waals surface area (Å²) in [6, 6.07) is 16.2. The predicted octanol–water partition coefficient (Wildman–Crippen LogP) is 4.18. The van der Waals surface area contributed by atoms with Gasteiger partial charge in [0.25, 0.3) is 0 Å². The molecule has 2 amide bonds. The van der Waals surface area contributed by atoms with E-state index in [1.807, 2.05) is 30.3 Å². The number of ether oxygens (including phenoxy) is 1. The number of rotatable bonds is 6.